The summed E-state index contributed by atoms with van der Waals surface area (Å²) in [5.74, 6) is -1.14. The van der Waals surface area contributed by atoms with E-state index < -0.39 is 5.97 Å². The average Bonchev–Trinajstić information content (AvgIpc) is 2.63. The number of carboxylic acid groups (broad SMARTS) is 1. The molecule has 0 atom stereocenters. The van der Waals surface area contributed by atoms with Crippen LogP contribution >= 0.6 is 0 Å². The number of aromatic carboxylic acids is 1. The van der Waals surface area contributed by atoms with Crippen LogP contribution in [0.3, 0.4) is 0 Å². The van der Waals surface area contributed by atoms with Gasteiger partial charge in [0.1, 0.15) is 11.3 Å². The van der Waals surface area contributed by atoms with E-state index in [1.54, 1.807) is 0 Å². The van der Waals surface area contributed by atoms with Crippen molar-refractivity contribution >= 4 is 22.8 Å². The average molecular weight is 223 g/mol. The van der Waals surface area contributed by atoms with Gasteiger partial charge < -0.3 is 20.1 Å². The van der Waals surface area contributed by atoms with Gasteiger partial charge in [-0.1, -0.05) is 5.16 Å². The maximum Gasteiger partial charge on any atom is 0.339 e. The largest absolute Gasteiger partial charge is 0.478 e. The van der Waals surface area contributed by atoms with Crippen molar-refractivity contribution < 1.29 is 19.2 Å². The summed E-state index contributed by atoms with van der Waals surface area (Å²) in [6.45, 7) is 0.182. The molecule has 0 aromatic carbocycles. The van der Waals surface area contributed by atoms with Crippen LogP contribution in [0, 0.1) is 0 Å². The first-order valence-electron chi connectivity index (χ1n) is 4.40. The molecule has 0 amide bonds. The second-order valence-corrected chi connectivity index (χ2v) is 3.13. The molecule has 2 rings (SSSR count). The summed E-state index contributed by atoms with van der Waals surface area (Å²) in [6, 6.07) is 0. The predicted octanol–water partition coefficient (Wildman–Crippen LogP) is 0.650. The zero-order valence-corrected chi connectivity index (χ0v) is 8.43. The van der Waals surface area contributed by atoms with E-state index in [1.807, 2.05) is 0 Å². The predicted molar refractivity (Wildman–Crippen MR) is 53.9 cm³/mol. The number of hydrogen-bond donors (Lipinski definition) is 2. The zero-order chi connectivity index (χ0) is 11.7. The van der Waals surface area contributed by atoms with Gasteiger partial charge in [0.2, 0.25) is 0 Å². The number of fused-ring (bicyclic) bond motifs is 1. The molecule has 0 aliphatic carbocycles. The first-order valence-corrected chi connectivity index (χ1v) is 4.40. The highest BCUT2D eigenvalue weighted by atomic mass is 16.5. The number of rotatable bonds is 3. The summed E-state index contributed by atoms with van der Waals surface area (Å²) in [7, 11) is 1.49. The minimum absolute atomic E-state index is 0.0759. The second kappa shape index (κ2) is 3.78. The molecule has 0 aliphatic rings. The normalized spacial score (nSPS) is 10.8. The molecule has 0 saturated carbocycles. The van der Waals surface area contributed by atoms with Crippen molar-refractivity contribution in [3.8, 4) is 0 Å². The first-order chi connectivity index (χ1) is 7.65. The molecule has 0 aliphatic heterocycles. The van der Waals surface area contributed by atoms with Gasteiger partial charge in [0.05, 0.1) is 17.7 Å². The standard InChI is InChI=1S/C9H9N3O4/c1-15-3-5-6-7(10)4(9(13)14)2-11-8(6)16-12-5/h2H,3H2,1H3,(H2,10,11)(H,13,14). The highest BCUT2D eigenvalue weighted by Gasteiger charge is 2.18. The molecule has 2 aromatic rings. The van der Waals surface area contributed by atoms with E-state index in [1.165, 1.54) is 7.11 Å². The SMILES string of the molecule is COCc1noc2ncc(C(=O)O)c(N)c12. The van der Waals surface area contributed by atoms with Crippen molar-refractivity contribution in [2.24, 2.45) is 0 Å². The number of anilines is 1. The van der Waals surface area contributed by atoms with Crippen LogP contribution in [0.4, 0.5) is 5.69 Å². The van der Waals surface area contributed by atoms with Crippen LogP contribution in [0.2, 0.25) is 0 Å². The molecule has 7 nitrogen and oxygen atoms in total. The van der Waals surface area contributed by atoms with Crippen molar-refractivity contribution in [2.75, 3.05) is 12.8 Å². The van der Waals surface area contributed by atoms with Gasteiger partial charge in [-0.3, -0.25) is 0 Å². The summed E-state index contributed by atoms with van der Waals surface area (Å²) in [5.41, 5.74) is 6.37. The summed E-state index contributed by atoms with van der Waals surface area (Å²) < 4.78 is 9.80. The molecular weight excluding hydrogens is 214 g/mol. The van der Waals surface area contributed by atoms with Crippen molar-refractivity contribution in [1.82, 2.24) is 10.1 Å². The first kappa shape index (κ1) is 10.4. The van der Waals surface area contributed by atoms with Gasteiger partial charge in [-0.25, -0.2) is 9.78 Å². The Hall–Kier alpha value is -2.15. The monoisotopic (exact) mass is 223 g/mol. The summed E-state index contributed by atoms with van der Waals surface area (Å²) in [6.07, 6.45) is 1.14. The van der Waals surface area contributed by atoms with E-state index in [0.29, 0.717) is 11.1 Å². The lowest BCUT2D eigenvalue weighted by molar-refractivity contribution is 0.0698. The minimum Gasteiger partial charge on any atom is -0.478 e. The summed E-state index contributed by atoms with van der Waals surface area (Å²) in [5, 5.41) is 13.0. The molecule has 0 spiro atoms. The molecule has 0 unspecified atom stereocenters. The van der Waals surface area contributed by atoms with Gasteiger partial charge in [0, 0.05) is 13.3 Å². The van der Waals surface area contributed by atoms with Crippen LogP contribution in [-0.2, 0) is 11.3 Å². The molecule has 2 aromatic heterocycles. The number of aromatic nitrogens is 2. The molecular formula is C9H9N3O4. The lowest BCUT2D eigenvalue weighted by atomic mass is 10.1. The molecule has 0 radical (unpaired) electrons. The van der Waals surface area contributed by atoms with Crippen molar-refractivity contribution in [3.63, 3.8) is 0 Å². The van der Waals surface area contributed by atoms with Crippen LogP contribution in [0.25, 0.3) is 11.1 Å². The topological polar surface area (TPSA) is 111 Å². The number of hydrogen-bond acceptors (Lipinski definition) is 6. The van der Waals surface area contributed by atoms with Gasteiger partial charge in [-0.2, -0.15) is 0 Å². The van der Waals surface area contributed by atoms with Crippen LogP contribution in [-0.4, -0.2) is 28.3 Å². The number of nitrogen functional groups attached to an aromatic ring is 1. The van der Waals surface area contributed by atoms with Crippen molar-refractivity contribution in [2.45, 2.75) is 6.61 Å². The van der Waals surface area contributed by atoms with E-state index in [4.69, 9.17) is 20.1 Å². The fourth-order valence-electron chi connectivity index (χ4n) is 1.40. The number of carbonyl (C=O) groups is 1. The van der Waals surface area contributed by atoms with Crippen LogP contribution in [0.1, 0.15) is 16.1 Å². The number of nitrogens with two attached hydrogens (primary N) is 1. The van der Waals surface area contributed by atoms with E-state index >= 15 is 0 Å². The Morgan fingerprint density at radius 1 is 1.69 bits per heavy atom. The maximum absolute atomic E-state index is 10.9. The second-order valence-electron chi connectivity index (χ2n) is 3.13. The van der Waals surface area contributed by atoms with E-state index in [-0.39, 0.29) is 23.6 Å². The zero-order valence-electron chi connectivity index (χ0n) is 8.43. The number of pyridine rings is 1. The number of ether oxygens (including phenoxy) is 1. The molecule has 0 fully saturated rings. The lowest BCUT2D eigenvalue weighted by Gasteiger charge is -2.01. The molecule has 2 heterocycles. The van der Waals surface area contributed by atoms with Gasteiger partial charge in [0.25, 0.3) is 5.71 Å². The molecule has 3 N–H and O–H groups in total. The highest BCUT2D eigenvalue weighted by molar-refractivity contribution is 6.02. The van der Waals surface area contributed by atoms with Gasteiger partial charge in [0.15, 0.2) is 0 Å². The third-order valence-electron chi connectivity index (χ3n) is 2.13. The molecule has 84 valence electrons. The molecule has 0 bridgehead atoms. The molecule has 7 heteroatoms. The lowest BCUT2D eigenvalue weighted by Crippen LogP contribution is -2.04. The maximum atomic E-state index is 10.9. The Balaban J connectivity index is 2.69. The summed E-state index contributed by atoms with van der Waals surface area (Å²) >= 11 is 0. The quantitative estimate of drug-likeness (QED) is 0.785. The van der Waals surface area contributed by atoms with E-state index in [9.17, 15) is 4.79 Å². The van der Waals surface area contributed by atoms with E-state index in [2.05, 4.69) is 10.1 Å². The van der Waals surface area contributed by atoms with Crippen molar-refractivity contribution in [1.29, 1.82) is 0 Å². The molecule has 16 heavy (non-hydrogen) atoms. The van der Waals surface area contributed by atoms with Crippen molar-refractivity contribution in [3.05, 3.63) is 17.5 Å². The van der Waals surface area contributed by atoms with Crippen LogP contribution in [0.15, 0.2) is 10.7 Å². The highest BCUT2D eigenvalue weighted by Crippen LogP contribution is 2.26. The van der Waals surface area contributed by atoms with Gasteiger partial charge in [-0.15, -0.1) is 0 Å². The summed E-state index contributed by atoms with van der Waals surface area (Å²) in [4.78, 5) is 14.7. The Kier molecular flexibility index (Phi) is 2.45. The Morgan fingerprint density at radius 3 is 3.06 bits per heavy atom. The number of methoxy groups -OCH3 is 1. The number of carboxylic acids is 1. The Morgan fingerprint density at radius 2 is 2.44 bits per heavy atom. The Labute approximate surface area is 89.8 Å². The van der Waals surface area contributed by atoms with Crippen LogP contribution < -0.4 is 5.73 Å². The number of nitrogens with zero attached hydrogens (tertiary/aromatic N) is 2. The Bertz CT molecular complexity index is 549. The fourth-order valence-corrected chi connectivity index (χ4v) is 1.40. The van der Waals surface area contributed by atoms with E-state index in [0.717, 1.165) is 6.20 Å². The fraction of sp³-hybridized carbons (Fsp3) is 0.222. The van der Waals surface area contributed by atoms with Gasteiger partial charge >= 0.3 is 5.97 Å². The third kappa shape index (κ3) is 1.47. The van der Waals surface area contributed by atoms with Gasteiger partial charge in [-0.05, 0) is 0 Å². The molecule has 0 saturated heterocycles. The van der Waals surface area contributed by atoms with Crippen LogP contribution in [0.5, 0.6) is 0 Å². The third-order valence-corrected chi connectivity index (χ3v) is 2.13. The minimum atomic E-state index is -1.14. The smallest absolute Gasteiger partial charge is 0.339 e.